The number of hydrazone groups is 1. The van der Waals surface area contributed by atoms with Crippen LogP contribution in [0.25, 0.3) is 21.5 Å². The Morgan fingerprint density at radius 3 is 2.58 bits per heavy atom. The zero-order valence-electron chi connectivity index (χ0n) is 16.8. The van der Waals surface area contributed by atoms with E-state index in [1.165, 1.54) is 21.4 Å². The lowest BCUT2D eigenvalue weighted by Crippen LogP contribution is -2.37. The summed E-state index contributed by atoms with van der Waals surface area (Å²) in [5, 5.41) is 8.54. The summed E-state index contributed by atoms with van der Waals surface area (Å²) < 4.78 is 0. The molecule has 1 heterocycles. The van der Waals surface area contributed by atoms with Gasteiger partial charge in [0.2, 0.25) is 0 Å². The summed E-state index contributed by atoms with van der Waals surface area (Å²) in [5.74, 6) is -0.487. The minimum atomic E-state index is -0.333. The van der Waals surface area contributed by atoms with Gasteiger partial charge >= 0.3 is 0 Å². The first-order valence-corrected chi connectivity index (χ1v) is 10.4. The Morgan fingerprint density at radius 2 is 1.71 bits per heavy atom. The molecule has 0 spiro atoms. The number of nitrogens with zero attached hydrogens (tertiary/aromatic N) is 2. The van der Waals surface area contributed by atoms with E-state index >= 15 is 0 Å². The summed E-state index contributed by atoms with van der Waals surface area (Å²) in [7, 11) is 0. The molecule has 150 valence electrons. The van der Waals surface area contributed by atoms with Crippen LogP contribution in [0.4, 0.5) is 5.69 Å². The van der Waals surface area contributed by atoms with E-state index < -0.39 is 0 Å². The van der Waals surface area contributed by atoms with E-state index in [1.807, 2.05) is 36.4 Å². The molecule has 0 atom stereocenters. The van der Waals surface area contributed by atoms with Gasteiger partial charge in [0.25, 0.3) is 11.8 Å². The first kappa shape index (κ1) is 17.8. The van der Waals surface area contributed by atoms with Gasteiger partial charge in [-0.1, -0.05) is 54.6 Å². The predicted molar refractivity (Wildman–Crippen MR) is 123 cm³/mol. The molecule has 0 saturated carbocycles. The lowest BCUT2D eigenvalue weighted by Gasteiger charge is -2.16. The molecule has 0 radical (unpaired) electrons. The fraction of sp³-hybridized carbons (Fsp3) is 0.115. The third kappa shape index (κ3) is 2.74. The number of benzene rings is 4. The first-order valence-electron chi connectivity index (χ1n) is 10.4. The largest absolute Gasteiger partial charge is 0.298 e. The highest BCUT2D eigenvalue weighted by Crippen LogP contribution is 2.37. The molecular weight excluding hydrogens is 386 g/mol. The molecule has 0 saturated heterocycles. The van der Waals surface area contributed by atoms with Crippen LogP contribution in [0.15, 0.2) is 71.8 Å². The maximum absolute atomic E-state index is 12.8. The second-order valence-electron chi connectivity index (χ2n) is 8.02. The quantitative estimate of drug-likeness (QED) is 0.409. The van der Waals surface area contributed by atoms with Gasteiger partial charge < -0.3 is 0 Å². The van der Waals surface area contributed by atoms with Gasteiger partial charge in [0.1, 0.15) is 6.54 Å². The zero-order chi connectivity index (χ0) is 20.9. The van der Waals surface area contributed by atoms with Gasteiger partial charge in [-0.05, 0) is 52.3 Å². The molecule has 0 bridgehead atoms. The predicted octanol–water partition coefficient (Wildman–Crippen LogP) is 4.20. The van der Waals surface area contributed by atoms with E-state index in [-0.39, 0.29) is 18.4 Å². The first-order chi connectivity index (χ1) is 15.2. The van der Waals surface area contributed by atoms with Crippen molar-refractivity contribution < 1.29 is 9.59 Å². The number of hydrogen-bond donors (Lipinski definition) is 1. The number of aryl methyl sites for hydroxylation is 2. The van der Waals surface area contributed by atoms with Crippen LogP contribution in [0.5, 0.6) is 0 Å². The van der Waals surface area contributed by atoms with Crippen LogP contribution in [0, 0.1) is 0 Å². The second-order valence-corrected chi connectivity index (χ2v) is 8.02. The maximum atomic E-state index is 12.8. The third-order valence-corrected chi connectivity index (χ3v) is 6.25. The van der Waals surface area contributed by atoms with Crippen LogP contribution < -0.4 is 10.3 Å². The Balaban J connectivity index is 1.22. The van der Waals surface area contributed by atoms with Crippen LogP contribution in [-0.4, -0.2) is 24.6 Å². The van der Waals surface area contributed by atoms with Gasteiger partial charge in [-0.15, -0.1) is 0 Å². The highest BCUT2D eigenvalue weighted by molar-refractivity contribution is 6.26. The Morgan fingerprint density at radius 1 is 0.935 bits per heavy atom. The normalized spacial score (nSPS) is 14.3. The fourth-order valence-corrected chi connectivity index (χ4v) is 4.87. The molecular formula is C26H19N3O2. The Bertz CT molecular complexity index is 1420. The van der Waals surface area contributed by atoms with Crippen molar-refractivity contribution in [3.63, 3.8) is 0 Å². The fourth-order valence-electron chi connectivity index (χ4n) is 4.87. The maximum Gasteiger partial charge on any atom is 0.260 e. The highest BCUT2D eigenvalue weighted by atomic mass is 16.2. The SMILES string of the molecule is O=C(CN1C(=O)c2cccc3cccc1c23)N/N=C/c1ccc2c3c(cccc13)CC2. The number of carbonyl (C=O) groups is 2. The van der Waals surface area contributed by atoms with Gasteiger partial charge in [-0.3, -0.25) is 14.5 Å². The third-order valence-electron chi connectivity index (χ3n) is 6.25. The Kier molecular flexibility index (Phi) is 3.90. The van der Waals surface area contributed by atoms with Crippen molar-refractivity contribution in [2.75, 3.05) is 11.4 Å². The minimum Gasteiger partial charge on any atom is -0.298 e. The van der Waals surface area contributed by atoms with Crippen molar-refractivity contribution in [3.05, 3.63) is 89.0 Å². The van der Waals surface area contributed by atoms with Crippen LogP contribution in [-0.2, 0) is 17.6 Å². The lowest BCUT2D eigenvalue weighted by atomic mass is 10.0. The monoisotopic (exact) mass is 405 g/mol. The van der Waals surface area contributed by atoms with Crippen molar-refractivity contribution in [2.45, 2.75) is 12.8 Å². The van der Waals surface area contributed by atoms with Gasteiger partial charge in [-0.25, -0.2) is 5.43 Å². The van der Waals surface area contributed by atoms with Crippen molar-refractivity contribution in [2.24, 2.45) is 5.10 Å². The molecule has 1 aliphatic heterocycles. The summed E-state index contributed by atoms with van der Waals surface area (Å²) in [6, 6.07) is 21.9. The zero-order valence-corrected chi connectivity index (χ0v) is 16.8. The van der Waals surface area contributed by atoms with Gasteiger partial charge in [-0.2, -0.15) is 5.10 Å². The number of anilines is 1. The van der Waals surface area contributed by atoms with Crippen LogP contribution in [0.3, 0.4) is 0 Å². The van der Waals surface area contributed by atoms with E-state index in [9.17, 15) is 9.59 Å². The van der Waals surface area contributed by atoms with E-state index in [1.54, 1.807) is 12.3 Å². The molecule has 0 fully saturated rings. The van der Waals surface area contributed by atoms with Crippen molar-refractivity contribution in [1.82, 2.24) is 5.43 Å². The van der Waals surface area contributed by atoms with Crippen LogP contribution in [0.2, 0.25) is 0 Å². The van der Waals surface area contributed by atoms with Gasteiger partial charge in [0.05, 0.1) is 11.9 Å². The average molecular weight is 405 g/mol. The second kappa shape index (κ2) is 6.77. The molecule has 6 rings (SSSR count). The molecule has 0 unspecified atom stereocenters. The molecule has 2 amide bonds. The summed E-state index contributed by atoms with van der Waals surface area (Å²) >= 11 is 0. The highest BCUT2D eigenvalue weighted by Gasteiger charge is 2.30. The molecule has 4 aromatic rings. The molecule has 0 aromatic heterocycles. The Labute approximate surface area is 179 Å². The van der Waals surface area contributed by atoms with E-state index in [4.69, 9.17) is 0 Å². The summed E-state index contributed by atoms with van der Waals surface area (Å²) in [4.78, 5) is 26.9. The number of rotatable bonds is 4. The average Bonchev–Trinajstić information content (AvgIpc) is 3.33. The van der Waals surface area contributed by atoms with Crippen molar-refractivity contribution in [1.29, 1.82) is 0 Å². The molecule has 1 N–H and O–H groups in total. The van der Waals surface area contributed by atoms with Crippen molar-refractivity contribution in [3.8, 4) is 0 Å². The molecule has 2 aliphatic rings. The standard InChI is InChI=1S/C26H19N3O2/c30-23(15-29-22-9-3-6-16-4-2-8-21(25(16)22)26(29)31)28-27-14-19-13-12-18-11-10-17-5-1-7-20(19)24(17)18/h1-9,12-14H,10-11,15H2,(H,28,30)/b27-14+. The Hall–Kier alpha value is -3.99. The number of carbonyl (C=O) groups excluding carboxylic acids is 2. The summed E-state index contributed by atoms with van der Waals surface area (Å²) in [5.41, 5.74) is 7.70. The smallest absolute Gasteiger partial charge is 0.260 e. The van der Waals surface area contributed by atoms with E-state index in [0.29, 0.717) is 5.56 Å². The lowest BCUT2D eigenvalue weighted by molar-refractivity contribution is -0.119. The molecule has 5 nitrogen and oxygen atoms in total. The van der Waals surface area contributed by atoms with Gasteiger partial charge in [0.15, 0.2) is 0 Å². The van der Waals surface area contributed by atoms with Crippen LogP contribution >= 0.6 is 0 Å². The van der Waals surface area contributed by atoms with Gasteiger partial charge in [0, 0.05) is 16.5 Å². The molecule has 5 heteroatoms. The van der Waals surface area contributed by atoms with E-state index in [0.717, 1.165) is 40.3 Å². The van der Waals surface area contributed by atoms with Crippen molar-refractivity contribution >= 4 is 45.3 Å². The number of nitrogens with one attached hydrogen (secondary N) is 1. The molecule has 31 heavy (non-hydrogen) atoms. The summed E-state index contributed by atoms with van der Waals surface area (Å²) in [6.45, 7) is -0.0756. The number of hydrogen-bond acceptors (Lipinski definition) is 3. The summed E-state index contributed by atoms with van der Waals surface area (Å²) in [6.07, 6.45) is 3.83. The topological polar surface area (TPSA) is 61.8 Å². The molecule has 4 aromatic carbocycles. The van der Waals surface area contributed by atoms with Crippen LogP contribution in [0.1, 0.15) is 27.0 Å². The molecule has 1 aliphatic carbocycles. The van der Waals surface area contributed by atoms with E-state index in [2.05, 4.69) is 34.8 Å². The number of amides is 2. The minimum absolute atomic E-state index is 0.0756.